The normalized spacial score (nSPS) is 14.6. The molecule has 13 heteroatoms. The topological polar surface area (TPSA) is 74.0 Å². The van der Waals surface area contributed by atoms with Gasteiger partial charge in [0.05, 0.1) is 42.7 Å². The summed E-state index contributed by atoms with van der Waals surface area (Å²) in [6.07, 6.45) is -1.72. The SMILES string of the molecule is C/C(Cl)=C(\C=N/N(C=O)PI)N1CCc2c(c(CO)nn2Cc2ccccc2C(F)(F)F)C1.CC. The van der Waals surface area contributed by atoms with Gasteiger partial charge in [0.15, 0.2) is 0 Å². The number of amides is 1. The van der Waals surface area contributed by atoms with Gasteiger partial charge in [-0.05, 0) is 40.6 Å². The van der Waals surface area contributed by atoms with Crippen molar-refractivity contribution in [3.8, 4) is 0 Å². The number of benzene rings is 1. The van der Waals surface area contributed by atoms with E-state index in [1.807, 2.05) is 40.8 Å². The highest BCUT2D eigenvalue weighted by atomic mass is 127. The van der Waals surface area contributed by atoms with Gasteiger partial charge in [-0.25, -0.2) is 4.78 Å². The van der Waals surface area contributed by atoms with Crippen LogP contribution in [0.1, 0.15) is 48.8 Å². The molecule has 2 heterocycles. The molecule has 1 aliphatic rings. The van der Waals surface area contributed by atoms with E-state index in [4.69, 9.17) is 11.6 Å². The highest BCUT2D eigenvalue weighted by molar-refractivity contribution is 14.2. The molecule has 1 N–H and O–H groups in total. The summed E-state index contributed by atoms with van der Waals surface area (Å²) in [5.41, 5.74) is 1.96. The second-order valence-corrected chi connectivity index (χ2v) is 9.85. The highest BCUT2D eigenvalue weighted by Crippen LogP contribution is 2.33. The first-order valence-electron chi connectivity index (χ1n) is 10.8. The van der Waals surface area contributed by atoms with Gasteiger partial charge in [0.25, 0.3) is 0 Å². The Hall–Kier alpha value is -1.69. The van der Waals surface area contributed by atoms with Gasteiger partial charge in [0.2, 0.25) is 6.41 Å². The van der Waals surface area contributed by atoms with Crippen molar-refractivity contribution < 1.29 is 23.1 Å². The van der Waals surface area contributed by atoms with Crippen molar-refractivity contribution in [3.63, 3.8) is 0 Å². The lowest BCUT2D eigenvalue weighted by Crippen LogP contribution is -2.32. The summed E-state index contributed by atoms with van der Waals surface area (Å²) < 4.78 is 43.1. The van der Waals surface area contributed by atoms with E-state index in [1.54, 1.807) is 17.7 Å². The summed E-state index contributed by atoms with van der Waals surface area (Å²) >= 11 is 8.32. The third kappa shape index (κ3) is 7.41. The molecular formula is C22H27ClF3IN5O2P. The molecule has 1 atom stereocenters. The molecule has 0 radical (unpaired) electrons. The molecule has 0 saturated heterocycles. The van der Waals surface area contributed by atoms with Crippen LogP contribution in [0.3, 0.4) is 0 Å². The van der Waals surface area contributed by atoms with Crippen LogP contribution < -0.4 is 0 Å². The molecule has 0 aliphatic carbocycles. The number of hydrogen-bond donors (Lipinski definition) is 1. The molecule has 0 bridgehead atoms. The number of aliphatic hydroxyl groups is 1. The molecule has 1 aromatic heterocycles. The molecule has 1 amide bonds. The van der Waals surface area contributed by atoms with Gasteiger partial charge < -0.3 is 10.0 Å². The number of allylic oxidation sites excluding steroid dienone is 2. The van der Waals surface area contributed by atoms with Crippen LogP contribution in [0, 0.1) is 0 Å². The van der Waals surface area contributed by atoms with Crippen LogP contribution in [-0.2, 0) is 37.1 Å². The zero-order valence-electron chi connectivity index (χ0n) is 19.5. The van der Waals surface area contributed by atoms with Crippen LogP contribution in [0.5, 0.6) is 0 Å². The third-order valence-corrected chi connectivity index (χ3v) is 7.26. The van der Waals surface area contributed by atoms with Crippen LogP contribution in [0.4, 0.5) is 13.2 Å². The number of aromatic nitrogens is 2. The van der Waals surface area contributed by atoms with E-state index < -0.39 is 11.7 Å². The fraction of sp³-hybridized carbons (Fsp3) is 0.409. The third-order valence-electron chi connectivity index (χ3n) is 5.19. The van der Waals surface area contributed by atoms with E-state index in [-0.39, 0.29) is 25.1 Å². The van der Waals surface area contributed by atoms with Gasteiger partial charge in [-0.3, -0.25) is 9.48 Å². The Morgan fingerprint density at radius 1 is 1.37 bits per heavy atom. The second kappa shape index (κ2) is 13.6. The van der Waals surface area contributed by atoms with E-state index in [1.165, 1.54) is 23.1 Å². The summed E-state index contributed by atoms with van der Waals surface area (Å²) in [6.45, 7) is 6.18. The van der Waals surface area contributed by atoms with Gasteiger partial charge >= 0.3 is 6.18 Å². The fourth-order valence-electron chi connectivity index (χ4n) is 3.70. The molecule has 3 rings (SSSR count). The van der Waals surface area contributed by atoms with Crippen LogP contribution in [-0.4, -0.2) is 43.7 Å². The summed E-state index contributed by atoms with van der Waals surface area (Å²) in [5, 5.41) is 18.9. The highest BCUT2D eigenvalue weighted by Gasteiger charge is 2.33. The minimum atomic E-state index is -4.47. The van der Waals surface area contributed by atoms with E-state index in [0.29, 0.717) is 42.3 Å². The summed E-state index contributed by atoms with van der Waals surface area (Å²) in [6, 6.07) is 5.41. The number of hydrogen-bond acceptors (Lipinski definition) is 5. The first kappa shape index (κ1) is 29.5. The zero-order valence-corrected chi connectivity index (χ0v) is 23.4. The maximum Gasteiger partial charge on any atom is 0.416 e. The molecular weight excluding hydrogens is 617 g/mol. The predicted octanol–water partition coefficient (Wildman–Crippen LogP) is 5.68. The van der Waals surface area contributed by atoms with Crippen molar-refractivity contribution in [2.24, 2.45) is 5.10 Å². The van der Waals surface area contributed by atoms with Gasteiger partial charge in [0.1, 0.15) is 0 Å². The zero-order chi connectivity index (χ0) is 26.2. The first-order chi connectivity index (χ1) is 16.7. The maximum atomic E-state index is 13.4. The van der Waals surface area contributed by atoms with Crippen molar-refractivity contribution in [2.75, 3.05) is 6.54 Å². The van der Waals surface area contributed by atoms with Crippen molar-refractivity contribution >= 4 is 52.6 Å². The van der Waals surface area contributed by atoms with Crippen molar-refractivity contribution in [3.05, 3.63) is 63.1 Å². The molecule has 1 unspecified atom stereocenters. The van der Waals surface area contributed by atoms with Crippen LogP contribution in [0.15, 0.2) is 40.1 Å². The van der Waals surface area contributed by atoms with Crippen LogP contribution >= 0.6 is 40.0 Å². The van der Waals surface area contributed by atoms with Crippen molar-refractivity contribution in [1.29, 1.82) is 0 Å². The average molecular weight is 644 g/mol. The van der Waals surface area contributed by atoms with Gasteiger partial charge in [-0.15, -0.1) is 0 Å². The molecule has 35 heavy (non-hydrogen) atoms. The van der Waals surface area contributed by atoms with Crippen LogP contribution in [0.2, 0.25) is 0 Å². The maximum absolute atomic E-state index is 13.4. The van der Waals surface area contributed by atoms with Crippen molar-refractivity contribution in [2.45, 2.75) is 53.1 Å². The molecule has 2 aromatic rings. The number of halogens is 5. The molecule has 1 aromatic carbocycles. The molecule has 7 nitrogen and oxygen atoms in total. The minimum absolute atomic E-state index is 0.0540. The lowest BCUT2D eigenvalue weighted by molar-refractivity contribution is -0.138. The number of nitrogens with zero attached hydrogens (tertiary/aromatic N) is 5. The number of fused-ring (bicyclic) bond motifs is 1. The Kier molecular flexibility index (Phi) is 11.5. The Morgan fingerprint density at radius 2 is 2.06 bits per heavy atom. The predicted molar refractivity (Wildman–Crippen MR) is 141 cm³/mol. The van der Waals surface area contributed by atoms with Gasteiger partial charge in [-0.1, -0.05) is 43.6 Å². The summed E-state index contributed by atoms with van der Waals surface area (Å²) in [5.74, 6) is 0. The smallest absolute Gasteiger partial charge is 0.390 e. The number of carbonyl (C=O) groups excluding carboxylic acids is 1. The fourth-order valence-corrected chi connectivity index (χ4v) is 4.72. The molecule has 0 spiro atoms. The monoisotopic (exact) mass is 643 g/mol. The standard InChI is InChI=1S/C20H21ClF3IN5O2P.C2H6/c1-13(21)19(8-26-30(12-32)33-25)28-7-6-18-15(10-28)17(11-31)27-29(18)9-14-4-2-3-5-16(14)20(22,23)24;1-2/h2-5,8,12,31,33H,6-7,9-11H2,1H3;1-2H3/b19-13-,26-8-;. The number of carbonyl (C=O) groups is 1. The largest absolute Gasteiger partial charge is 0.416 e. The summed E-state index contributed by atoms with van der Waals surface area (Å²) in [7, 11) is 0. The molecule has 0 saturated carbocycles. The molecule has 1 aliphatic heterocycles. The quantitative estimate of drug-likeness (QED) is 0.132. The summed E-state index contributed by atoms with van der Waals surface area (Å²) in [4.78, 5) is 13.0. The lowest BCUT2D eigenvalue weighted by atomic mass is 10.0. The van der Waals surface area contributed by atoms with E-state index >= 15 is 0 Å². The Balaban J connectivity index is 0.00000210. The number of aliphatic hydroxyl groups excluding tert-OH is 1. The van der Waals surface area contributed by atoms with Crippen molar-refractivity contribution in [1.82, 2.24) is 19.5 Å². The van der Waals surface area contributed by atoms with Gasteiger partial charge in [-0.2, -0.15) is 23.4 Å². The van der Waals surface area contributed by atoms with E-state index in [0.717, 1.165) is 17.3 Å². The van der Waals surface area contributed by atoms with Crippen LogP contribution in [0.25, 0.3) is 0 Å². The Labute approximate surface area is 222 Å². The van der Waals surface area contributed by atoms with E-state index in [2.05, 4.69) is 10.2 Å². The molecule has 192 valence electrons. The average Bonchev–Trinajstić information content (AvgIpc) is 3.19. The first-order valence-corrected chi connectivity index (χ1v) is 15.2. The Morgan fingerprint density at radius 3 is 2.63 bits per heavy atom. The Bertz CT molecular complexity index is 1070. The van der Waals surface area contributed by atoms with E-state index in [9.17, 15) is 23.1 Å². The number of alkyl halides is 3. The number of rotatable bonds is 8. The minimum Gasteiger partial charge on any atom is -0.390 e. The second-order valence-electron chi connectivity index (χ2n) is 7.21. The lowest BCUT2D eigenvalue weighted by Gasteiger charge is -2.31. The molecule has 0 fully saturated rings. The number of hydrazone groups is 1. The van der Waals surface area contributed by atoms with Gasteiger partial charge in [0, 0.05) is 35.8 Å².